The lowest BCUT2D eigenvalue weighted by Crippen LogP contribution is -2.68. The van der Waals surface area contributed by atoms with Gasteiger partial charge in [-0.1, -0.05) is 182 Å². The van der Waals surface area contributed by atoms with Gasteiger partial charge in [-0.15, -0.1) is 0 Å². The summed E-state index contributed by atoms with van der Waals surface area (Å²) in [5, 5.41) is 18.2. The number of esters is 3. The van der Waals surface area contributed by atoms with Gasteiger partial charge >= 0.3 is 23.9 Å². The lowest BCUT2D eigenvalue weighted by Gasteiger charge is -2.72. The minimum atomic E-state index is -2.88. The molecule has 2 saturated heterocycles. The van der Waals surface area contributed by atoms with Crippen molar-refractivity contribution in [2.24, 2.45) is 113 Å². The third-order valence-electron chi connectivity index (χ3n) is 38.4. The zero-order valence-corrected chi connectivity index (χ0v) is 81.0. The predicted octanol–water partition coefficient (Wildman–Crippen LogP) is 21.4. The number of hydrogen-bond acceptors (Lipinski definition) is 15. The summed E-state index contributed by atoms with van der Waals surface area (Å²) in [6.07, 6.45) is 42.9. The lowest BCUT2D eigenvalue weighted by atomic mass is 9.33. The molecule has 21 heteroatoms. The van der Waals surface area contributed by atoms with Crippen molar-refractivity contribution in [3.63, 3.8) is 0 Å². The molecule has 3 N–H and O–H groups in total. The summed E-state index contributed by atoms with van der Waals surface area (Å²) in [4.78, 5) is 52.8. The van der Waals surface area contributed by atoms with Crippen LogP contribution in [-0.2, 0) is 53.1 Å². The Morgan fingerprint density at radius 2 is 0.894 bits per heavy atom. The van der Waals surface area contributed by atoms with Gasteiger partial charge in [0.1, 0.15) is 18.8 Å². The smallest absolute Gasteiger partial charge is 0.317 e. The topological polar surface area (TPSA) is 215 Å². The number of halogens is 3. The molecule has 10 fully saturated rings. The molecule has 14 aliphatic rings. The van der Waals surface area contributed by atoms with Crippen LogP contribution in [0.15, 0.2) is 70.9 Å². The van der Waals surface area contributed by atoms with Gasteiger partial charge in [0.25, 0.3) is 0 Å². The van der Waals surface area contributed by atoms with E-state index < -0.39 is 62.6 Å². The van der Waals surface area contributed by atoms with E-state index in [0.29, 0.717) is 142 Å². The second-order valence-corrected chi connectivity index (χ2v) is 49.7. The Balaban J connectivity index is 0.000000202. The van der Waals surface area contributed by atoms with Crippen LogP contribution >= 0.6 is 11.6 Å². The molecule has 8 saturated carbocycles. The molecule has 696 valence electrons. The summed E-state index contributed by atoms with van der Waals surface area (Å²) in [5.74, 6) is 4.87. The van der Waals surface area contributed by atoms with E-state index in [9.17, 15) is 49.9 Å². The number of unbranched alkanes of at least 4 members (excludes halogenated alkanes) is 6. The number of carbonyl (C=O) groups excluding carboxylic acids is 3. The van der Waals surface area contributed by atoms with Crippen LogP contribution in [0.1, 0.15) is 315 Å². The number of alkyl halides is 3. The molecule has 14 rings (SSSR count). The maximum Gasteiger partial charge on any atom is 0.317 e. The zero-order valence-electron chi connectivity index (χ0n) is 78.6. The summed E-state index contributed by atoms with van der Waals surface area (Å²) in [5.41, 5.74) is 7.06. The first-order chi connectivity index (χ1) is 58.0. The van der Waals surface area contributed by atoms with Gasteiger partial charge in [-0.25, -0.2) is 25.6 Å². The molecular weight excluding hydrogens is 1610 g/mol. The van der Waals surface area contributed by atoms with Crippen molar-refractivity contribution in [2.45, 2.75) is 326 Å². The van der Waals surface area contributed by atoms with Crippen LogP contribution in [0.25, 0.3) is 0 Å². The second kappa shape index (κ2) is 38.6. The molecule has 0 aromatic rings. The Morgan fingerprint density at radius 3 is 1.26 bits per heavy atom. The summed E-state index contributed by atoms with van der Waals surface area (Å²) in [7, 11) is -5.75. The molecule has 12 aliphatic carbocycles. The fourth-order valence-corrected chi connectivity index (χ4v) is 33.7. The summed E-state index contributed by atoms with van der Waals surface area (Å²) in [6, 6.07) is -0.0212. The average molecular weight is 1780 g/mol. The van der Waals surface area contributed by atoms with E-state index in [2.05, 4.69) is 160 Å². The Morgan fingerprint density at radius 1 is 0.488 bits per heavy atom. The quantitative estimate of drug-likeness (QED) is 0.0209. The number of nitrogens with zero attached hydrogens (tertiary/aromatic N) is 2. The average Bonchev–Trinajstić information content (AvgIpc) is 1.65. The Bertz CT molecular complexity index is 4170. The summed E-state index contributed by atoms with van der Waals surface area (Å²) >= 11 is 5.19. The van der Waals surface area contributed by atoms with Crippen molar-refractivity contribution >= 4 is 55.2 Å². The van der Waals surface area contributed by atoms with E-state index in [-0.39, 0.29) is 90.3 Å². The van der Waals surface area contributed by atoms with E-state index in [1.807, 2.05) is 0 Å². The van der Waals surface area contributed by atoms with Crippen LogP contribution in [0.2, 0.25) is 0 Å². The number of hydrogen-bond donors (Lipinski definition) is 3. The van der Waals surface area contributed by atoms with E-state index in [1.54, 1.807) is 0 Å². The summed E-state index contributed by atoms with van der Waals surface area (Å²) < 4.78 is 92.1. The maximum atomic E-state index is 14.8. The molecule has 2 heterocycles. The molecule has 0 amide bonds. The first-order valence-corrected chi connectivity index (χ1v) is 53.0. The molecule has 0 aromatic carbocycles. The number of allylic oxidation sites excluding steroid dienone is 10. The molecule has 0 aromatic heterocycles. The maximum absolute atomic E-state index is 14.8. The van der Waals surface area contributed by atoms with Gasteiger partial charge in [0.2, 0.25) is 6.79 Å². The third kappa shape index (κ3) is 18.8. The molecule has 20 atom stereocenters. The van der Waals surface area contributed by atoms with Crippen LogP contribution in [0.4, 0.5) is 8.78 Å². The van der Waals surface area contributed by atoms with Crippen LogP contribution < -0.4 is 10.6 Å². The van der Waals surface area contributed by atoms with Crippen molar-refractivity contribution in [3.8, 4) is 0 Å². The Kier molecular flexibility index (Phi) is 30.8. The SMILES string of the molecule is C=C(C)[C@@H]1CC[C@]2(NCCN3CCS(=O)(=O)CC3)CC[C@]3(C)[C@H](CC[C@@H]4[C@@]5(C)CC=C(C6=CC[C@@](CF)(C(=O)O)CC6)C(C)(C)[C@@H]5CC[C@]43C)[C@@H]12.C=C(C)[C@@H]1CC[C@]2(NCCN3CCS(=O)(=O)CC3)CC[C@]3(C)[C@H](CC[C@@H]4[C@@]5(C)CC=C(C6=CC[C@@](CF)(C(=O)OCOC(=O)CCCCCC)CC6)C(C)(C)[C@@H]5CC[C@]43C)[C@@H]12.CCCCCCC(=O)OCCl. The number of carbonyl (C=O) groups is 4. The van der Waals surface area contributed by atoms with Crippen LogP contribution in [0.5, 0.6) is 0 Å². The van der Waals surface area contributed by atoms with Crippen molar-refractivity contribution in [3.05, 3.63) is 70.9 Å². The highest BCUT2D eigenvalue weighted by atomic mass is 35.5. The molecule has 2 aliphatic heterocycles. The van der Waals surface area contributed by atoms with E-state index in [0.717, 1.165) is 77.5 Å². The van der Waals surface area contributed by atoms with Gasteiger partial charge in [0, 0.05) is 76.3 Å². The highest BCUT2D eigenvalue weighted by Crippen LogP contribution is 2.79. The van der Waals surface area contributed by atoms with Gasteiger partial charge in [-0.05, 0) is 306 Å². The monoisotopic (exact) mass is 1770 g/mol. The largest absolute Gasteiger partial charge is 0.481 e. The van der Waals surface area contributed by atoms with E-state index in [1.165, 1.54) is 149 Å². The molecule has 16 nitrogen and oxygen atoms in total. The van der Waals surface area contributed by atoms with Crippen LogP contribution in [-0.4, -0.2) is 168 Å². The van der Waals surface area contributed by atoms with Gasteiger partial charge in [-0.2, -0.15) is 0 Å². The molecule has 123 heavy (non-hydrogen) atoms. The van der Waals surface area contributed by atoms with Gasteiger partial charge in [-0.3, -0.25) is 19.2 Å². The van der Waals surface area contributed by atoms with E-state index >= 15 is 0 Å². The molecule has 0 spiro atoms. The fourth-order valence-electron chi connectivity index (χ4n) is 31.0. The first-order valence-electron chi connectivity index (χ1n) is 48.9. The number of sulfone groups is 2. The number of fused-ring (bicyclic) bond motifs is 14. The summed E-state index contributed by atoms with van der Waals surface area (Å²) in [6.45, 7) is 48.1. The molecular formula is C102H163ClF2N4O12S2. The standard InChI is InChI=1S/C51H81FN2O6S.C43H67FN2O4S.C8H15ClO2/c1-9-10-11-12-13-43(55)59-35-60-45(56)50(34-52)23-16-37(17-24-50)39-19-21-47(6)41(46(39,4)5)20-22-49(8)42(47)15-14-40-44-38(36(2)3)18-25-51(44,27-26-48(40,49)7)53-28-29-54-30-32-61(57,58)33-31-54;1-29(2)31-12-19-43(45-22-23-46-24-26-51(49,50)27-25-46)21-20-40(6)33(36(31)43)8-9-35-39(5)15-13-32(38(3,4)34(39)14-16-41(35,40)7)30-10-17-42(28-44,18-11-30)37(47)48;1-2-3-4-5-6-8(10)11-7-9/h16,19,38,40-42,44,53H,2,9-15,17-18,20-35H2,1,3-8H3;10,13,31,33-36,45H,1,8-9,11-12,14-28H2,2-7H3,(H,47,48);2-7H2,1H3/t38-,40+,41-,42+,44+,47-,48+,49+,50+,51-;31-,33+,34-,35+,36+,39-,40+,41+,42+,43-;/m00./s1. The number of rotatable bonds is 29. The second-order valence-electron chi connectivity index (χ2n) is 44.9. The molecule has 0 bridgehead atoms. The first kappa shape index (κ1) is 98.2. The minimum absolute atomic E-state index is 0.0163. The van der Waals surface area contributed by atoms with Crippen molar-refractivity contribution in [1.29, 1.82) is 0 Å². The Hall–Kier alpha value is -3.79. The predicted molar refractivity (Wildman–Crippen MR) is 491 cm³/mol. The van der Waals surface area contributed by atoms with Crippen molar-refractivity contribution in [2.75, 3.05) is 102 Å². The number of nitrogens with one attached hydrogen (secondary N) is 2. The van der Waals surface area contributed by atoms with E-state index in [4.69, 9.17) is 21.1 Å². The molecule has 0 radical (unpaired) electrons. The number of ether oxygens (including phenoxy) is 3. The molecule has 0 unspecified atom stereocenters. The highest BCUT2D eigenvalue weighted by Gasteiger charge is 2.73. The lowest BCUT2D eigenvalue weighted by molar-refractivity contribution is -0.221. The Labute approximate surface area is 747 Å². The van der Waals surface area contributed by atoms with Crippen LogP contribution in [0, 0.1) is 113 Å². The van der Waals surface area contributed by atoms with Crippen molar-refractivity contribution < 1.29 is 64.1 Å². The van der Waals surface area contributed by atoms with Crippen LogP contribution in [0.3, 0.4) is 0 Å². The van der Waals surface area contributed by atoms with Gasteiger partial charge in [0.05, 0.1) is 28.4 Å². The minimum Gasteiger partial charge on any atom is -0.481 e. The van der Waals surface area contributed by atoms with Gasteiger partial charge in [0.15, 0.2) is 25.7 Å². The highest BCUT2D eigenvalue weighted by molar-refractivity contribution is 7.91. The number of carboxylic acid groups (broad SMARTS) is 1. The zero-order chi connectivity index (χ0) is 89.4. The van der Waals surface area contributed by atoms with Gasteiger partial charge < -0.3 is 39.8 Å². The number of carboxylic acids is 1. The number of aliphatic carboxylic acids is 1. The third-order valence-corrected chi connectivity index (χ3v) is 41.7. The fraction of sp³-hybridized carbons (Fsp3) is 0.843. The van der Waals surface area contributed by atoms with Crippen molar-refractivity contribution in [1.82, 2.24) is 20.4 Å². The normalized spacial score (nSPS) is 39.9.